The van der Waals surface area contributed by atoms with E-state index in [9.17, 15) is 9.59 Å². The molecule has 3 rings (SSSR count). The zero-order chi connectivity index (χ0) is 17.6. The number of methoxy groups -OCH3 is 1. The fourth-order valence-electron chi connectivity index (χ4n) is 2.86. The molecule has 0 aliphatic rings. The largest absolute Gasteiger partial charge is 0.467 e. The monoisotopic (exact) mass is 336 g/mol. The predicted octanol–water partition coefficient (Wildman–Crippen LogP) is 2.54. The zero-order valence-electron chi connectivity index (χ0n) is 14.0. The average Bonchev–Trinajstić information content (AvgIpc) is 3.04. The van der Waals surface area contributed by atoms with Crippen LogP contribution in [0.4, 0.5) is 0 Å². The highest BCUT2D eigenvalue weighted by atomic mass is 16.5. The lowest BCUT2D eigenvalue weighted by Crippen LogP contribution is -2.44. The molecule has 1 unspecified atom stereocenters. The first-order valence-electron chi connectivity index (χ1n) is 8.12. The molecule has 0 saturated heterocycles. The van der Waals surface area contributed by atoms with Gasteiger partial charge < -0.3 is 14.6 Å². The van der Waals surface area contributed by atoms with E-state index in [1.165, 1.54) is 7.11 Å². The van der Waals surface area contributed by atoms with Gasteiger partial charge in [0.05, 0.1) is 7.11 Å². The second-order valence-corrected chi connectivity index (χ2v) is 5.84. The Labute approximate surface area is 146 Å². The third-order valence-electron chi connectivity index (χ3n) is 4.10. The first-order chi connectivity index (χ1) is 12.2. The summed E-state index contributed by atoms with van der Waals surface area (Å²) in [7, 11) is 1.33. The summed E-state index contributed by atoms with van der Waals surface area (Å²) in [5, 5.41) is 3.86. The summed E-state index contributed by atoms with van der Waals surface area (Å²) in [6, 6.07) is 18.7. The number of hydrogen-bond acceptors (Lipinski definition) is 3. The minimum Gasteiger partial charge on any atom is -0.467 e. The second-order valence-electron chi connectivity index (χ2n) is 5.84. The molecule has 0 radical (unpaired) electrons. The molecule has 1 heterocycles. The highest BCUT2D eigenvalue weighted by Gasteiger charge is 2.22. The summed E-state index contributed by atoms with van der Waals surface area (Å²) in [5.74, 6) is -0.678. The van der Waals surface area contributed by atoms with E-state index in [4.69, 9.17) is 4.74 Å². The number of amides is 1. The van der Waals surface area contributed by atoms with Gasteiger partial charge in [0.15, 0.2) is 0 Å². The van der Waals surface area contributed by atoms with E-state index in [1.807, 2.05) is 71.4 Å². The Morgan fingerprint density at radius 2 is 1.76 bits per heavy atom. The molecular formula is C20H20N2O3. The Balaban J connectivity index is 1.70. The molecule has 1 amide bonds. The van der Waals surface area contributed by atoms with Crippen LogP contribution < -0.4 is 5.32 Å². The SMILES string of the molecule is COC(=O)C(Cc1ccccc1)NC(=O)Cn1ccc2ccccc21. The number of nitrogens with one attached hydrogen (secondary N) is 1. The van der Waals surface area contributed by atoms with Crippen molar-refractivity contribution in [3.63, 3.8) is 0 Å². The minimum absolute atomic E-state index is 0.149. The van der Waals surface area contributed by atoms with E-state index in [2.05, 4.69) is 5.32 Å². The molecule has 0 aliphatic carbocycles. The number of benzene rings is 2. The topological polar surface area (TPSA) is 60.3 Å². The molecule has 0 saturated carbocycles. The van der Waals surface area contributed by atoms with Crippen LogP contribution in [0.1, 0.15) is 5.56 Å². The molecule has 0 bridgehead atoms. The van der Waals surface area contributed by atoms with Gasteiger partial charge >= 0.3 is 5.97 Å². The highest BCUT2D eigenvalue weighted by Crippen LogP contribution is 2.14. The lowest BCUT2D eigenvalue weighted by Gasteiger charge is -2.17. The number of aromatic nitrogens is 1. The van der Waals surface area contributed by atoms with E-state index in [-0.39, 0.29) is 12.5 Å². The summed E-state index contributed by atoms with van der Waals surface area (Å²) >= 11 is 0. The predicted molar refractivity (Wildman–Crippen MR) is 96.0 cm³/mol. The van der Waals surface area contributed by atoms with Gasteiger partial charge in [0.1, 0.15) is 12.6 Å². The Kier molecular flexibility index (Phi) is 5.14. The fraction of sp³-hybridized carbons (Fsp3) is 0.200. The molecule has 2 aromatic carbocycles. The Bertz CT molecular complexity index is 871. The molecule has 25 heavy (non-hydrogen) atoms. The summed E-state index contributed by atoms with van der Waals surface area (Å²) in [5.41, 5.74) is 1.94. The van der Waals surface area contributed by atoms with Crippen LogP contribution in [0.5, 0.6) is 0 Å². The lowest BCUT2D eigenvalue weighted by molar-refractivity contribution is -0.145. The first-order valence-corrected chi connectivity index (χ1v) is 8.12. The van der Waals surface area contributed by atoms with Crippen LogP contribution in [0, 0.1) is 0 Å². The number of nitrogens with zero attached hydrogens (tertiary/aromatic N) is 1. The summed E-state index contributed by atoms with van der Waals surface area (Å²) < 4.78 is 6.69. The Hall–Kier alpha value is -3.08. The molecule has 3 aromatic rings. The van der Waals surface area contributed by atoms with Crippen molar-refractivity contribution in [1.29, 1.82) is 0 Å². The van der Waals surface area contributed by atoms with Gasteiger partial charge in [-0.25, -0.2) is 4.79 Å². The van der Waals surface area contributed by atoms with Gasteiger partial charge in [0, 0.05) is 18.1 Å². The van der Waals surface area contributed by atoms with E-state index in [0.29, 0.717) is 6.42 Å². The molecule has 1 atom stereocenters. The van der Waals surface area contributed by atoms with Crippen LogP contribution in [0.2, 0.25) is 0 Å². The van der Waals surface area contributed by atoms with Crippen LogP contribution in [-0.2, 0) is 27.3 Å². The number of para-hydroxylation sites is 1. The maximum atomic E-state index is 12.4. The van der Waals surface area contributed by atoms with Gasteiger partial charge in [-0.05, 0) is 23.1 Å². The van der Waals surface area contributed by atoms with Crippen molar-refractivity contribution in [3.05, 3.63) is 72.4 Å². The molecule has 0 aliphatic heterocycles. The standard InChI is InChI=1S/C20H20N2O3/c1-25-20(24)17(13-15-7-3-2-4-8-15)21-19(23)14-22-12-11-16-9-5-6-10-18(16)22/h2-12,17H,13-14H2,1H3,(H,21,23). The minimum atomic E-state index is -0.707. The van der Waals surface area contributed by atoms with Gasteiger partial charge in [-0.15, -0.1) is 0 Å². The molecular weight excluding hydrogens is 316 g/mol. The van der Waals surface area contributed by atoms with Gasteiger partial charge in [-0.1, -0.05) is 48.5 Å². The van der Waals surface area contributed by atoms with E-state index < -0.39 is 12.0 Å². The lowest BCUT2D eigenvalue weighted by atomic mass is 10.1. The van der Waals surface area contributed by atoms with Crippen molar-refractivity contribution in [3.8, 4) is 0 Å². The number of hydrogen-bond donors (Lipinski definition) is 1. The van der Waals surface area contributed by atoms with Gasteiger partial charge in [-0.2, -0.15) is 0 Å². The smallest absolute Gasteiger partial charge is 0.328 e. The molecule has 0 fully saturated rings. The number of ether oxygens (including phenoxy) is 1. The fourth-order valence-corrected chi connectivity index (χ4v) is 2.86. The molecule has 5 nitrogen and oxygen atoms in total. The summed E-state index contributed by atoms with van der Waals surface area (Å²) in [4.78, 5) is 24.5. The van der Waals surface area contributed by atoms with Crippen molar-refractivity contribution in [2.45, 2.75) is 19.0 Å². The van der Waals surface area contributed by atoms with Crippen LogP contribution in [0.25, 0.3) is 10.9 Å². The second kappa shape index (κ2) is 7.66. The number of fused-ring (bicyclic) bond motifs is 1. The number of carbonyl (C=O) groups excluding carboxylic acids is 2. The third kappa shape index (κ3) is 4.07. The van der Waals surface area contributed by atoms with Crippen molar-refractivity contribution in [2.75, 3.05) is 7.11 Å². The van der Waals surface area contributed by atoms with Gasteiger partial charge in [0.25, 0.3) is 0 Å². The van der Waals surface area contributed by atoms with Crippen LogP contribution in [0.15, 0.2) is 66.9 Å². The van der Waals surface area contributed by atoms with Crippen molar-refractivity contribution >= 4 is 22.8 Å². The number of rotatable bonds is 6. The van der Waals surface area contributed by atoms with E-state index in [0.717, 1.165) is 16.5 Å². The Morgan fingerprint density at radius 3 is 2.52 bits per heavy atom. The summed E-state index contributed by atoms with van der Waals surface area (Å²) in [6.07, 6.45) is 2.26. The molecule has 1 aromatic heterocycles. The van der Waals surface area contributed by atoms with Crippen LogP contribution in [0.3, 0.4) is 0 Å². The van der Waals surface area contributed by atoms with Gasteiger partial charge in [0.2, 0.25) is 5.91 Å². The van der Waals surface area contributed by atoms with E-state index in [1.54, 1.807) is 0 Å². The molecule has 0 spiro atoms. The zero-order valence-corrected chi connectivity index (χ0v) is 14.0. The molecule has 1 N–H and O–H groups in total. The quantitative estimate of drug-likeness (QED) is 0.704. The molecule has 5 heteroatoms. The number of carbonyl (C=O) groups is 2. The average molecular weight is 336 g/mol. The van der Waals surface area contributed by atoms with Crippen molar-refractivity contribution in [2.24, 2.45) is 0 Å². The van der Waals surface area contributed by atoms with Crippen LogP contribution in [-0.4, -0.2) is 29.6 Å². The number of esters is 1. The first kappa shape index (κ1) is 16.8. The van der Waals surface area contributed by atoms with Crippen LogP contribution >= 0.6 is 0 Å². The third-order valence-corrected chi connectivity index (χ3v) is 4.10. The van der Waals surface area contributed by atoms with Crippen molar-refractivity contribution < 1.29 is 14.3 Å². The van der Waals surface area contributed by atoms with Gasteiger partial charge in [-0.3, -0.25) is 4.79 Å². The summed E-state index contributed by atoms with van der Waals surface area (Å²) in [6.45, 7) is 0.149. The van der Waals surface area contributed by atoms with Crippen molar-refractivity contribution in [1.82, 2.24) is 9.88 Å². The Morgan fingerprint density at radius 1 is 1.04 bits per heavy atom. The maximum absolute atomic E-state index is 12.4. The normalized spacial score (nSPS) is 11.9. The highest BCUT2D eigenvalue weighted by molar-refractivity contribution is 5.86. The van der Waals surface area contributed by atoms with E-state index >= 15 is 0 Å². The molecule has 128 valence electrons. The maximum Gasteiger partial charge on any atom is 0.328 e.